The van der Waals surface area contributed by atoms with Gasteiger partial charge in [-0.1, -0.05) is 6.92 Å². The molecule has 2 aromatic heterocycles. The summed E-state index contributed by atoms with van der Waals surface area (Å²) in [7, 11) is 0. The number of hydrogen-bond acceptors (Lipinski definition) is 5. The Bertz CT molecular complexity index is 493. The summed E-state index contributed by atoms with van der Waals surface area (Å²) in [5.41, 5.74) is 2.22. The van der Waals surface area contributed by atoms with Crippen molar-refractivity contribution >= 4 is 17.2 Å². The fraction of sp³-hybridized carbons (Fsp3) is 0.417. The highest BCUT2D eigenvalue weighted by molar-refractivity contribution is 7.13. The van der Waals surface area contributed by atoms with Gasteiger partial charge < -0.3 is 5.32 Å². The number of nitrogens with one attached hydrogen (secondary N) is 1. The van der Waals surface area contributed by atoms with Crippen molar-refractivity contribution < 1.29 is 0 Å². The zero-order valence-electron chi connectivity index (χ0n) is 10.3. The van der Waals surface area contributed by atoms with Gasteiger partial charge in [-0.25, -0.2) is 15.0 Å². The molecule has 2 rings (SSSR count). The Morgan fingerprint density at radius 2 is 2.12 bits per heavy atom. The summed E-state index contributed by atoms with van der Waals surface area (Å²) in [6, 6.07) is 0. The number of hydrogen-bond donors (Lipinski definition) is 1. The third kappa shape index (κ3) is 2.44. The predicted molar refractivity (Wildman–Crippen MR) is 71.4 cm³/mol. The Hall–Kier alpha value is -1.49. The zero-order valence-corrected chi connectivity index (χ0v) is 11.1. The van der Waals surface area contributed by atoms with Crippen LogP contribution in [-0.2, 0) is 6.42 Å². The molecule has 0 amide bonds. The van der Waals surface area contributed by atoms with Crippen LogP contribution in [0.15, 0.2) is 11.6 Å². The number of anilines is 1. The van der Waals surface area contributed by atoms with Crippen LogP contribution in [0.25, 0.3) is 10.8 Å². The van der Waals surface area contributed by atoms with Crippen molar-refractivity contribution in [3.63, 3.8) is 0 Å². The van der Waals surface area contributed by atoms with Gasteiger partial charge in [0.25, 0.3) is 0 Å². The molecule has 0 aliphatic carbocycles. The van der Waals surface area contributed by atoms with Gasteiger partial charge in [-0.15, -0.1) is 11.3 Å². The molecule has 0 aliphatic rings. The third-order valence-electron chi connectivity index (χ3n) is 2.54. The highest BCUT2D eigenvalue weighted by atomic mass is 32.1. The fourth-order valence-electron chi connectivity index (χ4n) is 1.76. The van der Waals surface area contributed by atoms with Crippen LogP contribution in [0.5, 0.6) is 0 Å². The second kappa shape index (κ2) is 5.23. The lowest BCUT2D eigenvalue weighted by atomic mass is 10.1. The van der Waals surface area contributed by atoms with Crippen molar-refractivity contribution in [1.82, 2.24) is 15.0 Å². The number of aromatic nitrogens is 3. The Morgan fingerprint density at radius 3 is 2.71 bits per heavy atom. The van der Waals surface area contributed by atoms with E-state index in [9.17, 15) is 0 Å². The molecule has 2 aromatic rings. The summed E-state index contributed by atoms with van der Waals surface area (Å²) in [4.78, 5) is 13.3. The lowest BCUT2D eigenvalue weighted by Gasteiger charge is -2.11. The molecular formula is C12H16N4S. The average molecular weight is 248 g/mol. The molecule has 0 spiro atoms. The van der Waals surface area contributed by atoms with E-state index in [4.69, 9.17) is 0 Å². The Morgan fingerprint density at radius 1 is 1.29 bits per heavy atom. The molecule has 0 saturated heterocycles. The van der Waals surface area contributed by atoms with E-state index < -0.39 is 0 Å². The van der Waals surface area contributed by atoms with Crippen LogP contribution >= 0.6 is 11.3 Å². The Balaban J connectivity index is 2.50. The van der Waals surface area contributed by atoms with Gasteiger partial charge in [0.15, 0.2) is 10.8 Å². The molecule has 2 heterocycles. The summed E-state index contributed by atoms with van der Waals surface area (Å²) in [6.07, 6.45) is 2.71. The summed E-state index contributed by atoms with van der Waals surface area (Å²) < 4.78 is 0. The quantitative estimate of drug-likeness (QED) is 0.904. The lowest BCUT2D eigenvalue weighted by Crippen LogP contribution is -2.07. The van der Waals surface area contributed by atoms with Gasteiger partial charge in [-0.3, -0.25) is 0 Å². The van der Waals surface area contributed by atoms with Crippen LogP contribution < -0.4 is 5.32 Å². The first kappa shape index (κ1) is 12.0. The molecule has 0 unspecified atom stereocenters. The van der Waals surface area contributed by atoms with Crippen molar-refractivity contribution in [2.75, 3.05) is 11.9 Å². The average Bonchev–Trinajstić information content (AvgIpc) is 2.82. The molecule has 0 aliphatic heterocycles. The van der Waals surface area contributed by atoms with Gasteiger partial charge in [0.2, 0.25) is 0 Å². The minimum Gasteiger partial charge on any atom is -0.370 e. The van der Waals surface area contributed by atoms with Crippen LogP contribution in [0.3, 0.4) is 0 Å². The van der Waals surface area contributed by atoms with Crippen LogP contribution in [0, 0.1) is 6.92 Å². The largest absolute Gasteiger partial charge is 0.370 e. The van der Waals surface area contributed by atoms with E-state index in [-0.39, 0.29) is 0 Å². The maximum atomic E-state index is 4.56. The van der Waals surface area contributed by atoms with Crippen molar-refractivity contribution in [3.05, 3.63) is 22.8 Å². The zero-order chi connectivity index (χ0) is 12.3. The number of aryl methyl sites for hydroxylation is 1. The molecule has 0 fully saturated rings. The van der Waals surface area contributed by atoms with Crippen LogP contribution in [0.2, 0.25) is 0 Å². The Kier molecular flexibility index (Phi) is 3.68. The van der Waals surface area contributed by atoms with Crippen molar-refractivity contribution in [2.24, 2.45) is 0 Å². The number of thiazole rings is 1. The van der Waals surface area contributed by atoms with Gasteiger partial charge in [-0.2, -0.15) is 0 Å². The molecule has 0 atom stereocenters. The molecular weight excluding hydrogens is 232 g/mol. The van der Waals surface area contributed by atoms with E-state index in [1.165, 1.54) is 5.56 Å². The van der Waals surface area contributed by atoms with Gasteiger partial charge >= 0.3 is 0 Å². The molecule has 0 radical (unpaired) electrons. The number of rotatable bonds is 4. The van der Waals surface area contributed by atoms with Crippen LogP contribution in [-0.4, -0.2) is 21.5 Å². The van der Waals surface area contributed by atoms with Crippen molar-refractivity contribution in [2.45, 2.75) is 27.2 Å². The minimum atomic E-state index is 0.714. The second-order valence-corrected chi connectivity index (χ2v) is 4.58. The predicted octanol–water partition coefficient (Wildman–Crippen LogP) is 2.90. The van der Waals surface area contributed by atoms with E-state index in [1.54, 1.807) is 17.5 Å². The maximum Gasteiger partial charge on any atom is 0.190 e. The summed E-state index contributed by atoms with van der Waals surface area (Å²) >= 11 is 1.56. The SMILES string of the molecule is CCNc1nc(-c2nccs2)nc(C)c1CC. The monoisotopic (exact) mass is 248 g/mol. The molecule has 17 heavy (non-hydrogen) atoms. The third-order valence-corrected chi connectivity index (χ3v) is 3.30. The second-order valence-electron chi connectivity index (χ2n) is 3.68. The smallest absolute Gasteiger partial charge is 0.190 e. The summed E-state index contributed by atoms with van der Waals surface area (Å²) in [5.74, 6) is 1.65. The highest BCUT2D eigenvalue weighted by Gasteiger charge is 2.12. The maximum absolute atomic E-state index is 4.56. The molecule has 0 aromatic carbocycles. The minimum absolute atomic E-state index is 0.714. The topological polar surface area (TPSA) is 50.7 Å². The van der Waals surface area contributed by atoms with Crippen molar-refractivity contribution in [1.29, 1.82) is 0 Å². The molecule has 0 bridgehead atoms. The van der Waals surface area contributed by atoms with Gasteiger partial charge in [-0.05, 0) is 20.3 Å². The van der Waals surface area contributed by atoms with Crippen LogP contribution in [0.1, 0.15) is 25.1 Å². The Labute approximate surface area is 105 Å². The molecule has 1 N–H and O–H groups in total. The van der Waals surface area contributed by atoms with E-state index >= 15 is 0 Å². The molecule has 4 nitrogen and oxygen atoms in total. The first-order valence-electron chi connectivity index (χ1n) is 5.77. The first-order chi connectivity index (χ1) is 8.26. The molecule has 5 heteroatoms. The lowest BCUT2D eigenvalue weighted by molar-refractivity contribution is 0.987. The number of nitrogens with zero attached hydrogens (tertiary/aromatic N) is 3. The van der Waals surface area contributed by atoms with Gasteiger partial charge in [0.1, 0.15) is 5.82 Å². The summed E-state index contributed by atoms with van der Waals surface area (Å²) in [6.45, 7) is 7.08. The molecule has 0 saturated carbocycles. The van der Waals surface area contributed by atoms with E-state index in [1.807, 2.05) is 12.3 Å². The first-order valence-corrected chi connectivity index (χ1v) is 6.65. The van der Waals surface area contributed by atoms with E-state index in [0.717, 1.165) is 29.5 Å². The van der Waals surface area contributed by atoms with Crippen LogP contribution in [0.4, 0.5) is 5.82 Å². The molecule has 90 valence electrons. The fourth-order valence-corrected chi connectivity index (χ4v) is 2.33. The summed E-state index contributed by atoms with van der Waals surface area (Å²) in [5, 5.41) is 6.11. The standard InChI is InChI=1S/C12H16N4S/c1-4-9-8(3)15-11(12-14-6-7-17-12)16-10(9)13-5-2/h6-7H,4-5H2,1-3H3,(H,13,15,16). The highest BCUT2D eigenvalue weighted by Crippen LogP contribution is 2.23. The van der Waals surface area contributed by atoms with E-state index in [0.29, 0.717) is 5.82 Å². The van der Waals surface area contributed by atoms with Gasteiger partial charge in [0, 0.05) is 29.4 Å². The van der Waals surface area contributed by atoms with Gasteiger partial charge in [0.05, 0.1) is 0 Å². The van der Waals surface area contributed by atoms with E-state index in [2.05, 4.69) is 34.1 Å². The normalized spacial score (nSPS) is 10.5. The van der Waals surface area contributed by atoms with Crippen molar-refractivity contribution in [3.8, 4) is 10.8 Å².